The van der Waals surface area contributed by atoms with Crippen molar-refractivity contribution in [1.82, 2.24) is 0 Å². The molecule has 0 saturated heterocycles. The lowest BCUT2D eigenvalue weighted by atomic mass is 9.48. The van der Waals surface area contributed by atoms with Crippen molar-refractivity contribution in [2.45, 2.75) is 43.9 Å². The van der Waals surface area contributed by atoms with E-state index in [1.54, 1.807) is 6.07 Å². The maximum Gasteiger partial charge on any atom is 0.173 e. The molecule has 34 heavy (non-hydrogen) atoms. The lowest BCUT2D eigenvalue weighted by Crippen LogP contribution is -2.48. The topological polar surface area (TPSA) is 70.5 Å². The second-order valence-corrected chi connectivity index (χ2v) is 10.4. The van der Waals surface area contributed by atoms with Gasteiger partial charge in [-0.3, -0.25) is 0 Å². The highest BCUT2D eigenvalue weighted by molar-refractivity contribution is 5.56. The van der Waals surface area contributed by atoms with Gasteiger partial charge in [0.25, 0.3) is 0 Å². The molecular weight excluding hydrogens is 434 g/mol. The van der Waals surface area contributed by atoms with Crippen LogP contribution < -0.4 is 20.9 Å². The summed E-state index contributed by atoms with van der Waals surface area (Å²) in [6, 6.07) is 14.1. The van der Waals surface area contributed by atoms with Crippen LogP contribution in [-0.4, -0.2) is 0 Å². The molecule has 0 aromatic heterocycles. The zero-order valence-electron chi connectivity index (χ0n) is 18.9. The maximum atomic E-state index is 14.7. The van der Waals surface area contributed by atoms with Gasteiger partial charge in [0, 0.05) is 29.1 Å². The minimum Gasteiger partial charge on any atom is -0.450 e. The molecule has 3 aromatic rings. The molecule has 4 aliphatic rings. The number of rotatable bonds is 5. The monoisotopic (exact) mass is 462 g/mol. The Balaban J connectivity index is 1.48. The van der Waals surface area contributed by atoms with Gasteiger partial charge in [0.1, 0.15) is 0 Å². The first kappa shape index (κ1) is 21.3. The summed E-state index contributed by atoms with van der Waals surface area (Å²) < 4.78 is 41.6. The minimum atomic E-state index is -0.532. The van der Waals surface area contributed by atoms with E-state index in [1.807, 2.05) is 6.07 Å². The van der Waals surface area contributed by atoms with Gasteiger partial charge in [0.05, 0.1) is 0 Å². The summed E-state index contributed by atoms with van der Waals surface area (Å²) in [5.41, 5.74) is 13.5. The highest BCUT2D eigenvalue weighted by Gasteiger charge is 2.52. The largest absolute Gasteiger partial charge is 0.450 e. The van der Waals surface area contributed by atoms with E-state index in [2.05, 4.69) is 6.07 Å². The number of hydrogen-bond donors (Lipinski definition) is 2. The maximum absolute atomic E-state index is 14.7. The third-order valence-corrected chi connectivity index (χ3v) is 7.93. The molecule has 4 aliphatic carbocycles. The highest BCUT2D eigenvalue weighted by Crippen LogP contribution is 2.63. The van der Waals surface area contributed by atoms with E-state index in [0.717, 1.165) is 24.8 Å². The molecule has 0 unspecified atom stereocenters. The van der Waals surface area contributed by atoms with E-state index >= 15 is 0 Å². The third kappa shape index (κ3) is 3.65. The van der Waals surface area contributed by atoms with Crippen LogP contribution in [0.3, 0.4) is 0 Å². The van der Waals surface area contributed by atoms with Gasteiger partial charge in [-0.1, -0.05) is 12.1 Å². The van der Waals surface area contributed by atoms with Crippen molar-refractivity contribution in [2.75, 3.05) is 11.5 Å². The molecule has 0 atom stereocenters. The Morgan fingerprint density at radius 2 is 1.21 bits per heavy atom. The molecule has 3 aromatic carbocycles. The van der Waals surface area contributed by atoms with Gasteiger partial charge in [-0.15, -0.1) is 0 Å². The summed E-state index contributed by atoms with van der Waals surface area (Å²) in [6.45, 7) is 0. The van der Waals surface area contributed by atoms with Crippen molar-refractivity contribution in [3.63, 3.8) is 0 Å². The quantitative estimate of drug-likeness (QED) is 0.394. The molecule has 0 radical (unpaired) electrons. The first-order chi connectivity index (χ1) is 16.4. The van der Waals surface area contributed by atoms with E-state index in [9.17, 15) is 8.78 Å². The summed E-state index contributed by atoms with van der Waals surface area (Å²) in [4.78, 5) is 0. The SMILES string of the molecule is Nc1ccc(F)c(Oc2cccc(C34CC5CC(CC(C5)C3)C4)c2Oc2cc(N)ccc2F)c1. The van der Waals surface area contributed by atoms with E-state index in [-0.39, 0.29) is 16.9 Å². The predicted octanol–water partition coefficient (Wildman–Crippen LogP) is 7.18. The standard InChI is InChI=1S/C28H28F2N2O2/c29-22-6-4-19(31)11-25(22)33-24-3-1-2-21(27(24)34-26-12-20(32)5-7-23(26)30)28-13-16-8-17(14-28)10-18(9-16)15-28/h1-7,11-12,16-18H,8-10,13-15,31-32H2. The van der Waals surface area contributed by atoms with E-state index in [4.69, 9.17) is 20.9 Å². The Hall–Kier alpha value is -3.28. The van der Waals surface area contributed by atoms with Crippen molar-refractivity contribution in [1.29, 1.82) is 0 Å². The van der Waals surface area contributed by atoms with Crippen LogP contribution in [0.5, 0.6) is 23.0 Å². The molecule has 0 heterocycles. The van der Waals surface area contributed by atoms with Crippen LogP contribution in [0, 0.1) is 29.4 Å². The Kier molecular flexibility index (Phi) is 4.94. The van der Waals surface area contributed by atoms with Crippen LogP contribution >= 0.6 is 0 Å². The molecule has 4 nitrogen and oxygen atoms in total. The number of hydrogen-bond acceptors (Lipinski definition) is 4. The smallest absolute Gasteiger partial charge is 0.173 e. The summed E-state index contributed by atoms with van der Waals surface area (Å²) in [7, 11) is 0. The van der Waals surface area contributed by atoms with Crippen LogP contribution in [0.25, 0.3) is 0 Å². The van der Waals surface area contributed by atoms with Crippen molar-refractivity contribution in [3.8, 4) is 23.0 Å². The molecule has 4 saturated carbocycles. The number of para-hydroxylation sites is 1. The van der Waals surface area contributed by atoms with Crippen LogP contribution in [-0.2, 0) is 5.41 Å². The number of anilines is 2. The van der Waals surface area contributed by atoms with Crippen LogP contribution in [0.4, 0.5) is 20.2 Å². The fourth-order valence-electron chi connectivity index (χ4n) is 6.98. The molecule has 0 aliphatic heterocycles. The van der Waals surface area contributed by atoms with Crippen molar-refractivity contribution >= 4 is 11.4 Å². The van der Waals surface area contributed by atoms with Gasteiger partial charge in [0.15, 0.2) is 34.6 Å². The van der Waals surface area contributed by atoms with Gasteiger partial charge >= 0.3 is 0 Å². The summed E-state index contributed by atoms with van der Waals surface area (Å²) >= 11 is 0. The fraction of sp³-hybridized carbons (Fsp3) is 0.357. The molecule has 4 fully saturated rings. The molecule has 7 rings (SSSR count). The highest BCUT2D eigenvalue weighted by atomic mass is 19.1. The number of benzene rings is 3. The number of halogens is 2. The van der Waals surface area contributed by atoms with Crippen molar-refractivity contribution in [3.05, 3.63) is 71.8 Å². The predicted molar refractivity (Wildman–Crippen MR) is 128 cm³/mol. The summed E-state index contributed by atoms with van der Waals surface area (Å²) in [5.74, 6) is 1.86. The van der Waals surface area contributed by atoms with E-state index in [0.29, 0.717) is 40.6 Å². The Bertz CT molecular complexity index is 1220. The Labute approximate surface area is 197 Å². The van der Waals surface area contributed by atoms with E-state index < -0.39 is 11.6 Å². The number of nitrogen functional groups attached to an aromatic ring is 2. The average molecular weight is 463 g/mol. The summed E-state index contributed by atoms with van der Waals surface area (Å²) in [6.07, 6.45) is 7.15. The van der Waals surface area contributed by atoms with Crippen molar-refractivity contribution < 1.29 is 18.3 Å². The second-order valence-electron chi connectivity index (χ2n) is 10.4. The molecule has 0 amide bonds. The van der Waals surface area contributed by atoms with Gasteiger partial charge in [-0.05, 0) is 92.0 Å². The zero-order valence-corrected chi connectivity index (χ0v) is 18.9. The van der Waals surface area contributed by atoms with Crippen LogP contribution in [0.15, 0.2) is 54.6 Å². The average Bonchev–Trinajstić information content (AvgIpc) is 2.79. The number of nitrogens with two attached hydrogens (primary N) is 2. The van der Waals surface area contributed by atoms with Gasteiger partial charge in [-0.25, -0.2) is 8.78 Å². The second kappa shape index (κ2) is 7.90. The fourth-order valence-corrected chi connectivity index (χ4v) is 6.98. The Morgan fingerprint density at radius 3 is 1.76 bits per heavy atom. The molecule has 4 N–H and O–H groups in total. The van der Waals surface area contributed by atoms with Gasteiger partial charge in [0.2, 0.25) is 0 Å². The van der Waals surface area contributed by atoms with E-state index in [1.165, 1.54) is 55.7 Å². The summed E-state index contributed by atoms with van der Waals surface area (Å²) in [5, 5.41) is 0. The molecular formula is C28H28F2N2O2. The molecule has 0 spiro atoms. The zero-order chi connectivity index (χ0) is 23.4. The lowest BCUT2D eigenvalue weighted by Gasteiger charge is -2.57. The minimum absolute atomic E-state index is 0.000518. The van der Waals surface area contributed by atoms with Crippen molar-refractivity contribution in [2.24, 2.45) is 17.8 Å². The third-order valence-electron chi connectivity index (χ3n) is 7.93. The van der Waals surface area contributed by atoms with Crippen LogP contribution in [0.1, 0.15) is 44.1 Å². The van der Waals surface area contributed by atoms with Gasteiger partial charge in [-0.2, -0.15) is 0 Å². The first-order valence-electron chi connectivity index (χ1n) is 12.0. The lowest BCUT2D eigenvalue weighted by molar-refractivity contribution is -0.00610. The first-order valence-corrected chi connectivity index (χ1v) is 12.0. The Morgan fingerprint density at radius 1 is 0.676 bits per heavy atom. The normalized spacial score (nSPS) is 27.1. The molecule has 4 bridgehead atoms. The number of ether oxygens (including phenoxy) is 2. The molecule has 6 heteroatoms. The van der Waals surface area contributed by atoms with Gasteiger partial charge < -0.3 is 20.9 Å². The van der Waals surface area contributed by atoms with Crippen LogP contribution in [0.2, 0.25) is 0 Å². The molecule has 176 valence electrons.